The van der Waals surface area contributed by atoms with Crippen LogP contribution in [0.25, 0.3) is 0 Å². The van der Waals surface area contributed by atoms with Crippen LogP contribution in [0, 0.1) is 0 Å². The molecule has 1 aliphatic heterocycles. The van der Waals surface area contributed by atoms with Crippen LogP contribution in [-0.4, -0.2) is 41.9 Å². The number of hydrogen-bond donors (Lipinski definition) is 0. The highest BCUT2D eigenvalue weighted by atomic mass is 32.1. The third-order valence-electron chi connectivity index (χ3n) is 4.08. The van der Waals surface area contributed by atoms with E-state index in [1.165, 1.54) is 17.7 Å². The first-order valence-electron chi connectivity index (χ1n) is 7.81. The lowest BCUT2D eigenvalue weighted by atomic mass is 10.2. The summed E-state index contributed by atoms with van der Waals surface area (Å²) in [7, 11) is 0. The van der Waals surface area contributed by atoms with Gasteiger partial charge >= 0.3 is 0 Å². The van der Waals surface area contributed by atoms with Crippen molar-refractivity contribution in [1.82, 2.24) is 9.80 Å². The number of hydrogen-bond acceptors (Lipinski definition) is 3. The van der Waals surface area contributed by atoms with Gasteiger partial charge in [-0.2, -0.15) is 0 Å². The second-order valence-electron chi connectivity index (χ2n) is 5.48. The van der Waals surface area contributed by atoms with Gasteiger partial charge in [0.2, 0.25) is 5.91 Å². The van der Waals surface area contributed by atoms with Gasteiger partial charge in [0.15, 0.2) is 0 Å². The minimum Gasteiger partial charge on any atom is -0.334 e. The molecule has 2 rings (SSSR count). The second-order valence-corrected chi connectivity index (χ2v) is 6.46. The summed E-state index contributed by atoms with van der Waals surface area (Å²) >= 11 is 1.77. The predicted molar refractivity (Wildman–Crippen MR) is 85.0 cm³/mol. The van der Waals surface area contributed by atoms with E-state index in [2.05, 4.69) is 41.2 Å². The first kappa shape index (κ1) is 15.5. The maximum absolute atomic E-state index is 12.6. The Kier molecular flexibility index (Phi) is 6.05. The summed E-state index contributed by atoms with van der Waals surface area (Å²) in [5.41, 5.74) is 0. The van der Waals surface area contributed by atoms with E-state index in [0.717, 1.165) is 32.5 Å². The summed E-state index contributed by atoms with van der Waals surface area (Å²) in [6, 6.07) is 4.57. The summed E-state index contributed by atoms with van der Waals surface area (Å²) in [6.07, 6.45) is 4.62. The molecule has 1 aliphatic rings. The van der Waals surface area contributed by atoms with Gasteiger partial charge in [-0.05, 0) is 43.8 Å². The standard InChI is InChI=1S/C16H26N2OS/c1-3-5-10-17(4-2)13-16(19)18-11-6-8-14(18)15-9-7-12-20-15/h7,9,12,14H,3-6,8,10-11,13H2,1-2H3. The molecule has 20 heavy (non-hydrogen) atoms. The molecule has 1 unspecified atom stereocenters. The quantitative estimate of drug-likeness (QED) is 0.768. The summed E-state index contributed by atoms with van der Waals surface area (Å²) in [6.45, 7) is 7.84. The summed E-state index contributed by atoms with van der Waals surface area (Å²) in [4.78, 5) is 18.3. The molecule has 4 heteroatoms. The van der Waals surface area contributed by atoms with E-state index in [-0.39, 0.29) is 0 Å². The van der Waals surface area contributed by atoms with E-state index < -0.39 is 0 Å². The molecule has 1 fully saturated rings. The van der Waals surface area contributed by atoms with Crippen molar-refractivity contribution in [2.75, 3.05) is 26.2 Å². The van der Waals surface area contributed by atoms with Crippen LogP contribution in [-0.2, 0) is 4.79 Å². The van der Waals surface area contributed by atoms with Gasteiger partial charge in [-0.15, -0.1) is 11.3 Å². The SMILES string of the molecule is CCCCN(CC)CC(=O)N1CCCC1c1cccs1. The van der Waals surface area contributed by atoms with Crippen LogP contribution < -0.4 is 0 Å². The van der Waals surface area contributed by atoms with Gasteiger partial charge in [-0.1, -0.05) is 26.3 Å². The molecule has 1 aromatic heterocycles. The molecule has 0 radical (unpaired) electrons. The highest BCUT2D eigenvalue weighted by Gasteiger charge is 2.30. The Balaban J connectivity index is 1.93. The predicted octanol–water partition coefficient (Wildman–Crippen LogP) is 3.53. The molecule has 1 atom stereocenters. The average molecular weight is 294 g/mol. The van der Waals surface area contributed by atoms with Crippen LogP contribution in [0.2, 0.25) is 0 Å². The van der Waals surface area contributed by atoms with Gasteiger partial charge in [-0.25, -0.2) is 0 Å². The largest absolute Gasteiger partial charge is 0.334 e. The van der Waals surface area contributed by atoms with Gasteiger partial charge in [0, 0.05) is 11.4 Å². The second kappa shape index (κ2) is 7.79. The maximum atomic E-state index is 12.6. The molecule has 1 saturated heterocycles. The zero-order valence-electron chi connectivity index (χ0n) is 12.7. The molecule has 3 nitrogen and oxygen atoms in total. The number of likely N-dealkylation sites (N-methyl/N-ethyl adjacent to an activating group) is 1. The minimum atomic E-state index is 0.304. The van der Waals surface area contributed by atoms with E-state index >= 15 is 0 Å². The smallest absolute Gasteiger partial charge is 0.237 e. The number of likely N-dealkylation sites (tertiary alicyclic amines) is 1. The molecule has 0 N–H and O–H groups in total. The zero-order valence-corrected chi connectivity index (χ0v) is 13.5. The first-order valence-corrected chi connectivity index (χ1v) is 8.69. The third-order valence-corrected chi connectivity index (χ3v) is 5.05. The molecule has 0 bridgehead atoms. The van der Waals surface area contributed by atoms with E-state index in [9.17, 15) is 4.79 Å². The van der Waals surface area contributed by atoms with Crippen molar-refractivity contribution < 1.29 is 4.79 Å². The van der Waals surface area contributed by atoms with Crippen molar-refractivity contribution in [3.05, 3.63) is 22.4 Å². The van der Waals surface area contributed by atoms with Gasteiger partial charge in [0.05, 0.1) is 12.6 Å². The molecule has 0 aromatic carbocycles. The van der Waals surface area contributed by atoms with Crippen molar-refractivity contribution in [2.45, 2.75) is 45.6 Å². The molecular weight excluding hydrogens is 268 g/mol. The Morgan fingerprint density at radius 3 is 3.00 bits per heavy atom. The number of thiophene rings is 1. The third kappa shape index (κ3) is 3.83. The summed E-state index contributed by atoms with van der Waals surface area (Å²) in [5.74, 6) is 0.304. The number of carbonyl (C=O) groups excluding carboxylic acids is 1. The monoisotopic (exact) mass is 294 g/mol. The number of unbranched alkanes of at least 4 members (excludes halogenated alkanes) is 1. The molecule has 0 saturated carbocycles. The van der Waals surface area contributed by atoms with Gasteiger partial charge in [0.1, 0.15) is 0 Å². The Bertz CT molecular complexity index is 405. The fourth-order valence-corrected chi connectivity index (χ4v) is 3.73. The number of amides is 1. The van der Waals surface area contributed by atoms with E-state index in [1.807, 2.05) is 0 Å². The maximum Gasteiger partial charge on any atom is 0.237 e. The normalized spacial score (nSPS) is 18.9. The fraction of sp³-hybridized carbons (Fsp3) is 0.688. The highest BCUT2D eigenvalue weighted by molar-refractivity contribution is 7.10. The minimum absolute atomic E-state index is 0.304. The van der Waals surface area contributed by atoms with Crippen LogP contribution in [0.3, 0.4) is 0 Å². The van der Waals surface area contributed by atoms with Crippen LogP contribution >= 0.6 is 11.3 Å². The summed E-state index contributed by atoms with van der Waals surface area (Å²) < 4.78 is 0. The van der Waals surface area contributed by atoms with Gasteiger partial charge in [0.25, 0.3) is 0 Å². The Morgan fingerprint density at radius 2 is 2.35 bits per heavy atom. The van der Waals surface area contributed by atoms with Crippen molar-refractivity contribution in [3.63, 3.8) is 0 Å². The average Bonchev–Trinajstić information content (AvgIpc) is 3.12. The van der Waals surface area contributed by atoms with Crippen LogP contribution in [0.15, 0.2) is 17.5 Å². The highest BCUT2D eigenvalue weighted by Crippen LogP contribution is 2.34. The number of nitrogens with zero attached hydrogens (tertiary/aromatic N) is 2. The molecule has 1 amide bonds. The number of rotatable bonds is 7. The van der Waals surface area contributed by atoms with E-state index in [1.54, 1.807) is 11.3 Å². The molecule has 112 valence electrons. The van der Waals surface area contributed by atoms with Crippen molar-refractivity contribution in [1.29, 1.82) is 0 Å². The Labute approximate surface area is 126 Å². The Morgan fingerprint density at radius 1 is 1.50 bits per heavy atom. The molecule has 1 aromatic rings. The van der Waals surface area contributed by atoms with Crippen LogP contribution in [0.5, 0.6) is 0 Å². The zero-order chi connectivity index (χ0) is 14.4. The lowest BCUT2D eigenvalue weighted by Gasteiger charge is -2.27. The fourth-order valence-electron chi connectivity index (χ4n) is 2.85. The van der Waals surface area contributed by atoms with Crippen molar-refractivity contribution in [3.8, 4) is 0 Å². The molecule has 0 aliphatic carbocycles. The van der Waals surface area contributed by atoms with Crippen molar-refractivity contribution in [2.24, 2.45) is 0 Å². The lowest BCUT2D eigenvalue weighted by molar-refractivity contribution is -0.133. The van der Waals surface area contributed by atoms with E-state index in [0.29, 0.717) is 18.5 Å². The number of carbonyl (C=O) groups is 1. The molecule has 2 heterocycles. The molecule has 0 spiro atoms. The first-order chi connectivity index (χ1) is 9.76. The van der Waals surface area contributed by atoms with Crippen LogP contribution in [0.4, 0.5) is 0 Å². The summed E-state index contributed by atoms with van der Waals surface area (Å²) in [5, 5.41) is 2.11. The van der Waals surface area contributed by atoms with E-state index in [4.69, 9.17) is 0 Å². The van der Waals surface area contributed by atoms with Gasteiger partial charge in [-0.3, -0.25) is 9.69 Å². The van der Waals surface area contributed by atoms with Crippen molar-refractivity contribution >= 4 is 17.2 Å². The molecular formula is C16H26N2OS. The lowest BCUT2D eigenvalue weighted by Crippen LogP contribution is -2.40. The van der Waals surface area contributed by atoms with Crippen LogP contribution in [0.1, 0.15) is 50.4 Å². The topological polar surface area (TPSA) is 23.6 Å². The van der Waals surface area contributed by atoms with Gasteiger partial charge < -0.3 is 4.90 Å². The Hall–Kier alpha value is -0.870.